The summed E-state index contributed by atoms with van der Waals surface area (Å²) >= 11 is 0. The minimum Gasteiger partial charge on any atom is -0.355 e. The fraction of sp³-hybridized carbons (Fsp3) is 0.0625. The van der Waals surface area contributed by atoms with E-state index in [-0.39, 0.29) is 5.91 Å². The molecule has 2 aromatic carbocycles. The van der Waals surface area contributed by atoms with Crippen LogP contribution in [0.2, 0.25) is 0 Å². The molecule has 1 N–H and O–H groups in total. The summed E-state index contributed by atoms with van der Waals surface area (Å²) in [6.07, 6.45) is 1.90. The zero-order valence-electron chi connectivity index (χ0n) is 10.3. The van der Waals surface area contributed by atoms with Crippen LogP contribution in [0.5, 0.6) is 0 Å². The van der Waals surface area contributed by atoms with E-state index in [4.69, 9.17) is 0 Å². The second-order valence-corrected chi connectivity index (χ2v) is 3.91. The highest BCUT2D eigenvalue weighted by atomic mass is 16.1. The Bertz CT molecular complexity index is 544. The van der Waals surface area contributed by atoms with Crippen molar-refractivity contribution in [3.63, 3.8) is 0 Å². The normalized spacial score (nSPS) is 11.1. The van der Waals surface area contributed by atoms with Gasteiger partial charge in [-0.2, -0.15) is 0 Å². The van der Waals surface area contributed by atoms with E-state index in [1.54, 1.807) is 7.05 Å². The molecule has 2 nitrogen and oxygen atoms in total. The van der Waals surface area contributed by atoms with Gasteiger partial charge in [-0.25, -0.2) is 0 Å². The summed E-state index contributed by atoms with van der Waals surface area (Å²) in [7, 11) is 1.64. The Kier molecular flexibility index (Phi) is 3.92. The lowest BCUT2D eigenvalue weighted by Gasteiger charge is -2.06. The van der Waals surface area contributed by atoms with Gasteiger partial charge in [0.05, 0.1) is 0 Å². The van der Waals surface area contributed by atoms with Gasteiger partial charge in [0.15, 0.2) is 0 Å². The van der Waals surface area contributed by atoms with Gasteiger partial charge in [0.25, 0.3) is 5.91 Å². The Labute approximate surface area is 107 Å². The molecule has 0 unspecified atom stereocenters. The zero-order valence-corrected chi connectivity index (χ0v) is 10.3. The molecule has 0 heterocycles. The van der Waals surface area contributed by atoms with Gasteiger partial charge in [-0.3, -0.25) is 4.79 Å². The van der Waals surface area contributed by atoms with Crippen molar-refractivity contribution in [3.05, 3.63) is 71.8 Å². The lowest BCUT2D eigenvalue weighted by Crippen LogP contribution is -2.19. The predicted molar refractivity (Wildman–Crippen MR) is 74.8 cm³/mol. The van der Waals surface area contributed by atoms with Crippen LogP contribution in [0.4, 0.5) is 0 Å². The molecule has 0 radical (unpaired) electrons. The highest BCUT2D eigenvalue weighted by Crippen LogP contribution is 2.18. The number of carbonyl (C=O) groups is 1. The van der Waals surface area contributed by atoms with Gasteiger partial charge in [0, 0.05) is 12.6 Å². The summed E-state index contributed by atoms with van der Waals surface area (Å²) < 4.78 is 0. The minimum atomic E-state index is -0.0787. The van der Waals surface area contributed by atoms with E-state index >= 15 is 0 Å². The van der Waals surface area contributed by atoms with Gasteiger partial charge in [0.1, 0.15) is 0 Å². The van der Waals surface area contributed by atoms with Gasteiger partial charge in [-0.15, -0.1) is 0 Å². The molecule has 0 atom stereocenters. The van der Waals surface area contributed by atoms with Crippen LogP contribution < -0.4 is 5.32 Å². The molecule has 0 saturated heterocycles. The average molecular weight is 237 g/mol. The van der Waals surface area contributed by atoms with Crippen LogP contribution in [0, 0.1) is 0 Å². The third-order valence-corrected chi connectivity index (χ3v) is 2.67. The van der Waals surface area contributed by atoms with E-state index in [1.807, 2.05) is 66.7 Å². The number of benzene rings is 2. The predicted octanol–water partition coefficient (Wildman–Crippen LogP) is 2.97. The second kappa shape index (κ2) is 5.82. The molecular weight excluding hydrogens is 222 g/mol. The lowest BCUT2D eigenvalue weighted by molar-refractivity contribution is -0.115. The molecule has 0 fully saturated rings. The summed E-state index contributed by atoms with van der Waals surface area (Å²) in [5, 5.41) is 2.68. The Morgan fingerprint density at radius 2 is 1.50 bits per heavy atom. The first-order valence-corrected chi connectivity index (χ1v) is 5.85. The zero-order chi connectivity index (χ0) is 12.8. The highest BCUT2D eigenvalue weighted by molar-refractivity contribution is 6.24. The van der Waals surface area contributed by atoms with Gasteiger partial charge >= 0.3 is 0 Å². The van der Waals surface area contributed by atoms with Crippen molar-refractivity contribution in [2.24, 2.45) is 0 Å². The quantitative estimate of drug-likeness (QED) is 0.645. The van der Waals surface area contributed by atoms with Crippen LogP contribution >= 0.6 is 0 Å². The number of likely N-dealkylation sites (N-methyl/N-ethyl adjacent to an activating group) is 1. The van der Waals surface area contributed by atoms with Crippen molar-refractivity contribution in [2.45, 2.75) is 0 Å². The molecule has 0 bridgehead atoms. The smallest absolute Gasteiger partial charge is 0.251 e. The molecule has 2 rings (SSSR count). The number of carbonyl (C=O) groups excluding carboxylic acids is 1. The van der Waals surface area contributed by atoms with E-state index in [9.17, 15) is 4.79 Å². The minimum absolute atomic E-state index is 0.0787. The summed E-state index contributed by atoms with van der Waals surface area (Å²) in [5.74, 6) is -0.0787. The first-order valence-electron chi connectivity index (χ1n) is 5.85. The number of hydrogen-bond donors (Lipinski definition) is 1. The van der Waals surface area contributed by atoms with E-state index in [0.29, 0.717) is 5.57 Å². The Hall–Kier alpha value is -2.35. The van der Waals surface area contributed by atoms with Crippen LogP contribution in [-0.4, -0.2) is 13.0 Å². The monoisotopic (exact) mass is 237 g/mol. The maximum atomic E-state index is 11.9. The van der Waals surface area contributed by atoms with E-state index in [0.717, 1.165) is 11.1 Å². The van der Waals surface area contributed by atoms with Crippen LogP contribution in [0.1, 0.15) is 11.1 Å². The number of rotatable bonds is 3. The molecule has 18 heavy (non-hydrogen) atoms. The fourth-order valence-corrected chi connectivity index (χ4v) is 1.75. The molecule has 0 aliphatic heterocycles. The van der Waals surface area contributed by atoms with Crippen molar-refractivity contribution in [2.75, 3.05) is 7.05 Å². The summed E-state index contributed by atoms with van der Waals surface area (Å²) in [4.78, 5) is 11.9. The highest BCUT2D eigenvalue weighted by Gasteiger charge is 2.09. The van der Waals surface area contributed by atoms with E-state index in [2.05, 4.69) is 5.32 Å². The van der Waals surface area contributed by atoms with Gasteiger partial charge < -0.3 is 5.32 Å². The molecule has 1 amide bonds. The maximum Gasteiger partial charge on any atom is 0.251 e. The van der Waals surface area contributed by atoms with Crippen molar-refractivity contribution in [1.82, 2.24) is 5.32 Å². The molecule has 2 heteroatoms. The van der Waals surface area contributed by atoms with Crippen LogP contribution in [-0.2, 0) is 4.79 Å². The Morgan fingerprint density at radius 1 is 0.944 bits per heavy atom. The first-order chi connectivity index (χ1) is 8.81. The summed E-state index contributed by atoms with van der Waals surface area (Å²) in [5.41, 5.74) is 2.60. The van der Waals surface area contributed by atoms with E-state index < -0.39 is 0 Å². The molecular formula is C16H15NO. The average Bonchev–Trinajstić information content (AvgIpc) is 2.46. The molecule has 0 aliphatic rings. The SMILES string of the molecule is CNC(=O)C(=Cc1ccccc1)c1ccccc1. The Balaban J connectivity index is 2.44. The first kappa shape index (κ1) is 12.1. The molecule has 0 aliphatic carbocycles. The number of amides is 1. The van der Waals surface area contributed by atoms with Crippen LogP contribution in [0.3, 0.4) is 0 Å². The lowest BCUT2D eigenvalue weighted by atomic mass is 10.0. The van der Waals surface area contributed by atoms with E-state index in [1.165, 1.54) is 0 Å². The van der Waals surface area contributed by atoms with Crippen LogP contribution in [0.25, 0.3) is 11.6 Å². The van der Waals surface area contributed by atoms with Gasteiger partial charge in [0.2, 0.25) is 0 Å². The van der Waals surface area contributed by atoms with Crippen molar-refractivity contribution in [3.8, 4) is 0 Å². The molecule has 2 aromatic rings. The second-order valence-electron chi connectivity index (χ2n) is 3.91. The van der Waals surface area contributed by atoms with Crippen molar-refractivity contribution < 1.29 is 4.79 Å². The fourth-order valence-electron chi connectivity index (χ4n) is 1.75. The van der Waals surface area contributed by atoms with Gasteiger partial charge in [-0.05, 0) is 17.2 Å². The topological polar surface area (TPSA) is 29.1 Å². The van der Waals surface area contributed by atoms with Gasteiger partial charge in [-0.1, -0.05) is 60.7 Å². The molecule has 0 spiro atoms. The molecule has 0 saturated carbocycles. The third-order valence-electron chi connectivity index (χ3n) is 2.67. The molecule has 90 valence electrons. The maximum absolute atomic E-state index is 11.9. The summed E-state index contributed by atoms with van der Waals surface area (Å²) in [6, 6.07) is 19.5. The third kappa shape index (κ3) is 2.86. The summed E-state index contributed by atoms with van der Waals surface area (Å²) in [6.45, 7) is 0. The Morgan fingerprint density at radius 3 is 2.06 bits per heavy atom. The largest absolute Gasteiger partial charge is 0.355 e. The standard InChI is InChI=1S/C16H15NO/c1-17-16(18)15(14-10-6-3-7-11-14)12-13-8-4-2-5-9-13/h2-12H,1H3,(H,17,18). The number of hydrogen-bond acceptors (Lipinski definition) is 1. The van der Waals surface area contributed by atoms with Crippen molar-refractivity contribution >= 4 is 17.6 Å². The molecule has 0 aromatic heterocycles. The number of nitrogens with one attached hydrogen (secondary N) is 1. The van der Waals surface area contributed by atoms with Crippen LogP contribution in [0.15, 0.2) is 60.7 Å². The van der Waals surface area contributed by atoms with Crippen molar-refractivity contribution in [1.29, 1.82) is 0 Å².